The smallest absolute Gasteiger partial charge is 0.0101 e. The SMILES string of the molecule is CC=C(C)c1ccc2c(c1)CCCC2(C)C. The average molecular weight is 214 g/mol. The molecule has 0 N–H and O–H groups in total. The first-order valence-corrected chi connectivity index (χ1v) is 6.31. The quantitative estimate of drug-likeness (QED) is 0.634. The normalized spacial score (nSPS) is 19.4. The van der Waals surface area contributed by atoms with E-state index in [1.165, 1.54) is 30.4 Å². The second-order valence-corrected chi connectivity index (χ2v) is 5.58. The fourth-order valence-corrected chi connectivity index (χ4v) is 2.73. The molecule has 0 saturated carbocycles. The largest absolute Gasteiger partial charge is 0.0841 e. The molecule has 1 aromatic rings. The second kappa shape index (κ2) is 4.08. The van der Waals surface area contributed by atoms with E-state index in [2.05, 4.69) is 52.0 Å². The standard InChI is InChI=1S/C16H22/c1-5-12(2)13-8-9-15-14(11-13)7-6-10-16(15,3)4/h5,8-9,11H,6-7,10H2,1-4H3. The summed E-state index contributed by atoms with van der Waals surface area (Å²) in [7, 11) is 0. The van der Waals surface area contributed by atoms with Gasteiger partial charge in [0.05, 0.1) is 0 Å². The van der Waals surface area contributed by atoms with Crippen LogP contribution in [-0.4, -0.2) is 0 Å². The molecule has 0 heterocycles. The summed E-state index contributed by atoms with van der Waals surface area (Å²) in [6.07, 6.45) is 6.10. The second-order valence-electron chi connectivity index (χ2n) is 5.58. The van der Waals surface area contributed by atoms with Crippen molar-refractivity contribution in [2.45, 2.75) is 52.4 Å². The molecule has 1 aromatic carbocycles. The Morgan fingerprint density at radius 1 is 1.31 bits per heavy atom. The Bertz CT molecular complexity index is 422. The lowest BCUT2D eigenvalue weighted by molar-refractivity contribution is 0.432. The van der Waals surface area contributed by atoms with E-state index in [0.717, 1.165) is 0 Å². The Morgan fingerprint density at radius 2 is 2.06 bits per heavy atom. The fraction of sp³-hybridized carbons (Fsp3) is 0.500. The summed E-state index contributed by atoms with van der Waals surface area (Å²) in [5.74, 6) is 0. The number of hydrogen-bond donors (Lipinski definition) is 0. The van der Waals surface area contributed by atoms with Crippen LogP contribution in [0.2, 0.25) is 0 Å². The molecule has 0 radical (unpaired) electrons. The maximum absolute atomic E-state index is 2.39. The van der Waals surface area contributed by atoms with Gasteiger partial charge in [-0.3, -0.25) is 0 Å². The molecule has 0 nitrogen and oxygen atoms in total. The van der Waals surface area contributed by atoms with Crippen LogP contribution in [-0.2, 0) is 11.8 Å². The minimum absolute atomic E-state index is 0.371. The van der Waals surface area contributed by atoms with Crippen molar-refractivity contribution < 1.29 is 0 Å². The van der Waals surface area contributed by atoms with Gasteiger partial charge in [-0.2, -0.15) is 0 Å². The minimum Gasteiger partial charge on any atom is -0.0841 e. The van der Waals surface area contributed by atoms with Gasteiger partial charge < -0.3 is 0 Å². The zero-order valence-electron chi connectivity index (χ0n) is 10.9. The van der Waals surface area contributed by atoms with Crippen molar-refractivity contribution >= 4 is 5.57 Å². The Morgan fingerprint density at radius 3 is 2.75 bits per heavy atom. The number of allylic oxidation sites excluding steroid dienone is 2. The third kappa shape index (κ3) is 1.93. The number of benzene rings is 1. The molecule has 16 heavy (non-hydrogen) atoms. The van der Waals surface area contributed by atoms with Crippen LogP contribution in [0.25, 0.3) is 5.57 Å². The summed E-state index contributed by atoms with van der Waals surface area (Å²) < 4.78 is 0. The summed E-state index contributed by atoms with van der Waals surface area (Å²) in [5.41, 5.74) is 6.27. The predicted molar refractivity (Wildman–Crippen MR) is 71.7 cm³/mol. The molecular formula is C16H22. The van der Waals surface area contributed by atoms with Crippen LogP contribution < -0.4 is 0 Å². The molecule has 0 aliphatic heterocycles. The van der Waals surface area contributed by atoms with Crippen LogP contribution in [0.3, 0.4) is 0 Å². The van der Waals surface area contributed by atoms with Gasteiger partial charge in [0.1, 0.15) is 0 Å². The zero-order valence-corrected chi connectivity index (χ0v) is 10.9. The van der Waals surface area contributed by atoms with Gasteiger partial charge >= 0.3 is 0 Å². The summed E-state index contributed by atoms with van der Waals surface area (Å²) in [6, 6.07) is 7.02. The van der Waals surface area contributed by atoms with E-state index in [4.69, 9.17) is 0 Å². The maximum Gasteiger partial charge on any atom is -0.0101 e. The first-order valence-electron chi connectivity index (χ1n) is 6.31. The van der Waals surface area contributed by atoms with E-state index in [1.54, 1.807) is 11.1 Å². The van der Waals surface area contributed by atoms with E-state index in [-0.39, 0.29) is 0 Å². The molecule has 1 aliphatic rings. The lowest BCUT2D eigenvalue weighted by atomic mass is 9.72. The van der Waals surface area contributed by atoms with Crippen LogP contribution in [0.15, 0.2) is 24.3 Å². The third-order valence-corrected chi connectivity index (χ3v) is 3.97. The molecule has 0 bridgehead atoms. The number of aryl methyl sites for hydroxylation is 1. The van der Waals surface area contributed by atoms with Gasteiger partial charge in [0.25, 0.3) is 0 Å². The Labute approximate surface area is 99.4 Å². The van der Waals surface area contributed by atoms with Crippen molar-refractivity contribution in [2.24, 2.45) is 0 Å². The van der Waals surface area contributed by atoms with Gasteiger partial charge in [0.15, 0.2) is 0 Å². The van der Waals surface area contributed by atoms with Gasteiger partial charge in [-0.1, -0.05) is 38.1 Å². The molecule has 0 saturated heterocycles. The highest BCUT2D eigenvalue weighted by atomic mass is 14.3. The molecule has 0 unspecified atom stereocenters. The van der Waals surface area contributed by atoms with Crippen molar-refractivity contribution in [3.63, 3.8) is 0 Å². The minimum atomic E-state index is 0.371. The molecule has 1 aliphatic carbocycles. The highest BCUT2D eigenvalue weighted by molar-refractivity contribution is 5.65. The van der Waals surface area contributed by atoms with Crippen molar-refractivity contribution in [3.05, 3.63) is 41.0 Å². The van der Waals surface area contributed by atoms with Crippen molar-refractivity contribution in [1.82, 2.24) is 0 Å². The molecule has 0 heteroatoms. The maximum atomic E-state index is 2.39. The molecule has 2 rings (SSSR count). The third-order valence-electron chi connectivity index (χ3n) is 3.97. The monoisotopic (exact) mass is 214 g/mol. The first-order chi connectivity index (χ1) is 7.54. The van der Waals surface area contributed by atoms with Gasteiger partial charge in [0, 0.05) is 0 Å². The molecular weight excluding hydrogens is 192 g/mol. The van der Waals surface area contributed by atoms with Crippen LogP contribution in [0.5, 0.6) is 0 Å². The molecule has 0 atom stereocenters. The Hall–Kier alpha value is -1.04. The highest BCUT2D eigenvalue weighted by Crippen LogP contribution is 2.37. The van der Waals surface area contributed by atoms with Gasteiger partial charge in [-0.15, -0.1) is 0 Å². The van der Waals surface area contributed by atoms with Crippen LogP contribution in [0, 0.1) is 0 Å². The summed E-state index contributed by atoms with van der Waals surface area (Å²) in [6.45, 7) is 9.04. The number of hydrogen-bond acceptors (Lipinski definition) is 0. The van der Waals surface area contributed by atoms with Crippen LogP contribution in [0.1, 0.15) is 57.2 Å². The molecule has 0 aromatic heterocycles. The number of fused-ring (bicyclic) bond motifs is 1. The van der Waals surface area contributed by atoms with Gasteiger partial charge in [0.2, 0.25) is 0 Å². The zero-order chi connectivity index (χ0) is 11.8. The van der Waals surface area contributed by atoms with Gasteiger partial charge in [-0.05, 0) is 60.8 Å². The summed E-state index contributed by atoms with van der Waals surface area (Å²) >= 11 is 0. The van der Waals surface area contributed by atoms with E-state index >= 15 is 0 Å². The molecule has 0 fully saturated rings. The van der Waals surface area contributed by atoms with E-state index in [1.807, 2.05) is 0 Å². The molecule has 86 valence electrons. The van der Waals surface area contributed by atoms with Crippen LogP contribution >= 0.6 is 0 Å². The molecule has 0 spiro atoms. The lowest BCUT2D eigenvalue weighted by Crippen LogP contribution is -2.23. The van der Waals surface area contributed by atoms with Crippen molar-refractivity contribution in [1.29, 1.82) is 0 Å². The van der Waals surface area contributed by atoms with E-state index in [0.29, 0.717) is 5.41 Å². The summed E-state index contributed by atoms with van der Waals surface area (Å²) in [5, 5.41) is 0. The topological polar surface area (TPSA) is 0 Å². The first kappa shape index (κ1) is 11.4. The summed E-state index contributed by atoms with van der Waals surface area (Å²) in [4.78, 5) is 0. The molecule has 0 amide bonds. The van der Waals surface area contributed by atoms with E-state index < -0.39 is 0 Å². The fourth-order valence-electron chi connectivity index (χ4n) is 2.73. The Kier molecular flexibility index (Phi) is 2.92. The van der Waals surface area contributed by atoms with Crippen molar-refractivity contribution in [2.75, 3.05) is 0 Å². The lowest BCUT2D eigenvalue weighted by Gasteiger charge is -2.32. The predicted octanol–water partition coefficient (Wildman–Crippen LogP) is 4.72. The van der Waals surface area contributed by atoms with Gasteiger partial charge in [-0.25, -0.2) is 0 Å². The Balaban J connectivity index is 2.48. The van der Waals surface area contributed by atoms with Crippen molar-refractivity contribution in [3.8, 4) is 0 Å². The average Bonchev–Trinajstić information content (AvgIpc) is 2.27. The van der Waals surface area contributed by atoms with Crippen LogP contribution in [0.4, 0.5) is 0 Å². The number of rotatable bonds is 1. The van der Waals surface area contributed by atoms with E-state index in [9.17, 15) is 0 Å². The highest BCUT2D eigenvalue weighted by Gasteiger charge is 2.26.